The summed E-state index contributed by atoms with van der Waals surface area (Å²) >= 11 is 0. The van der Waals surface area contributed by atoms with E-state index < -0.39 is 0 Å². The zero-order valence-corrected chi connectivity index (χ0v) is 12.8. The zero-order chi connectivity index (χ0) is 16.9. The van der Waals surface area contributed by atoms with E-state index in [2.05, 4.69) is 10.4 Å². The molecule has 24 heavy (non-hydrogen) atoms. The zero-order valence-electron chi connectivity index (χ0n) is 12.8. The predicted molar refractivity (Wildman–Crippen MR) is 87.2 cm³/mol. The second-order valence-corrected chi connectivity index (χ2v) is 5.35. The van der Waals surface area contributed by atoms with E-state index >= 15 is 0 Å². The number of rotatable bonds is 5. The van der Waals surface area contributed by atoms with Gasteiger partial charge < -0.3 is 10.4 Å². The lowest BCUT2D eigenvalue weighted by atomic mass is 10.1. The van der Waals surface area contributed by atoms with E-state index in [-0.39, 0.29) is 23.9 Å². The molecule has 0 atom stereocenters. The number of nitrogens with one attached hydrogen (secondary N) is 1. The summed E-state index contributed by atoms with van der Waals surface area (Å²) < 4.78 is 14.5. The van der Waals surface area contributed by atoms with Crippen molar-refractivity contribution < 1.29 is 14.3 Å². The number of aromatic nitrogens is 2. The molecule has 0 unspecified atom stereocenters. The summed E-state index contributed by atoms with van der Waals surface area (Å²) in [5.41, 5.74) is 2.18. The van der Waals surface area contributed by atoms with Crippen molar-refractivity contribution in [2.75, 3.05) is 0 Å². The molecule has 2 N–H and O–H groups in total. The Morgan fingerprint density at radius 3 is 2.71 bits per heavy atom. The highest BCUT2D eigenvalue weighted by molar-refractivity contribution is 5.78. The second-order valence-electron chi connectivity index (χ2n) is 5.35. The third-order valence-corrected chi connectivity index (χ3v) is 3.48. The number of carbonyl (C=O) groups excluding carboxylic acids is 1. The molecule has 2 aromatic carbocycles. The van der Waals surface area contributed by atoms with Gasteiger partial charge in [-0.25, -0.2) is 9.07 Å². The maximum absolute atomic E-state index is 12.9. The SMILES string of the molecule is O=C(Cc1cccc(O)c1)NCc1ccn(-c2ccc(F)cc2)n1. The van der Waals surface area contributed by atoms with Gasteiger partial charge in [-0.15, -0.1) is 0 Å². The van der Waals surface area contributed by atoms with Gasteiger partial charge in [0.2, 0.25) is 5.91 Å². The van der Waals surface area contributed by atoms with Gasteiger partial charge >= 0.3 is 0 Å². The van der Waals surface area contributed by atoms with Crippen molar-refractivity contribution in [1.29, 1.82) is 0 Å². The Labute approximate surface area is 138 Å². The summed E-state index contributed by atoms with van der Waals surface area (Å²) in [4.78, 5) is 11.9. The minimum absolute atomic E-state index is 0.137. The standard InChI is InChI=1S/C18H16FN3O2/c19-14-4-6-16(7-5-14)22-9-8-15(21-22)12-20-18(24)11-13-2-1-3-17(23)10-13/h1-10,23H,11-12H2,(H,20,24). The van der Waals surface area contributed by atoms with E-state index in [0.29, 0.717) is 12.2 Å². The van der Waals surface area contributed by atoms with Crippen molar-refractivity contribution in [2.24, 2.45) is 0 Å². The van der Waals surface area contributed by atoms with Gasteiger partial charge in [-0.1, -0.05) is 12.1 Å². The first-order valence-corrected chi connectivity index (χ1v) is 7.45. The average molecular weight is 325 g/mol. The number of carbonyl (C=O) groups is 1. The van der Waals surface area contributed by atoms with Crippen LogP contribution in [0, 0.1) is 5.82 Å². The van der Waals surface area contributed by atoms with Crippen LogP contribution in [0.25, 0.3) is 5.69 Å². The molecule has 1 heterocycles. The highest BCUT2D eigenvalue weighted by atomic mass is 19.1. The highest BCUT2D eigenvalue weighted by Crippen LogP contribution is 2.11. The fourth-order valence-corrected chi connectivity index (χ4v) is 2.30. The van der Waals surface area contributed by atoms with Crippen molar-refractivity contribution in [3.8, 4) is 11.4 Å². The number of hydrogen-bond donors (Lipinski definition) is 2. The summed E-state index contributed by atoms with van der Waals surface area (Å²) in [7, 11) is 0. The lowest BCUT2D eigenvalue weighted by Crippen LogP contribution is -2.24. The first-order chi connectivity index (χ1) is 11.6. The van der Waals surface area contributed by atoms with Gasteiger partial charge in [0.15, 0.2) is 0 Å². The molecule has 3 aromatic rings. The first kappa shape index (κ1) is 15.7. The monoisotopic (exact) mass is 325 g/mol. The van der Waals surface area contributed by atoms with Crippen LogP contribution in [-0.2, 0) is 17.8 Å². The Hall–Kier alpha value is -3.15. The molecule has 122 valence electrons. The first-order valence-electron chi connectivity index (χ1n) is 7.45. The topological polar surface area (TPSA) is 67.2 Å². The summed E-state index contributed by atoms with van der Waals surface area (Å²) in [6.45, 7) is 0.297. The third kappa shape index (κ3) is 3.98. The van der Waals surface area contributed by atoms with Crippen molar-refractivity contribution in [1.82, 2.24) is 15.1 Å². The molecule has 0 aliphatic rings. The summed E-state index contributed by atoms with van der Waals surface area (Å²) in [5, 5.41) is 16.5. The summed E-state index contributed by atoms with van der Waals surface area (Å²) in [5.74, 6) is -0.319. The lowest BCUT2D eigenvalue weighted by molar-refractivity contribution is -0.120. The number of nitrogens with zero attached hydrogens (tertiary/aromatic N) is 2. The number of hydrogen-bond acceptors (Lipinski definition) is 3. The Bertz CT molecular complexity index is 843. The van der Waals surface area contributed by atoms with Gasteiger partial charge in [-0.05, 0) is 48.0 Å². The number of aromatic hydroxyl groups is 1. The highest BCUT2D eigenvalue weighted by Gasteiger charge is 2.06. The molecule has 3 rings (SSSR count). The maximum atomic E-state index is 12.9. The Morgan fingerprint density at radius 2 is 1.96 bits per heavy atom. The lowest BCUT2D eigenvalue weighted by Gasteiger charge is -2.04. The van der Waals surface area contributed by atoms with Crippen LogP contribution in [0.2, 0.25) is 0 Å². The Morgan fingerprint density at radius 1 is 1.17 bits per heavy atom. The van der Waals surface area contributed by atoms with Crippen LogP contribution in [0.15, 0.2) is 60.8 Å². The molecule has 0 saturated heterocycles. The van der Waals surface area contributed by atoms with Crippen molar-refractivity contribution in [3.63, 3.8) is 0 Å². The van der Waals surface area contributed by atoms with Crippen LogP contribution in [0.3, 0.4) is 0 Å². The van der Waals surface area contributed by atoms with Gasteiger partial charge in [-0.3, -0.25) is 4.79 Å². The molecule has 0 aliphatic carbocycles. The average Bonchev–Trinajstić information content (AvgIpc) is 3.03. The smallest absolute Gasteiger partial charge is 0.224 e. The van der Waals surface area contributed by atoms with Gasteiger partial charge in [0.25, 0.3) is 0 Å². The number of amides is 1. The molecule has 1 aromatic heterocycles. The van der Waals surface area contributed by atoms with Crippen LogP contribution >= 0.6 is 0 Å². The maximum Gasteiger partial charge on any atom is 0.224 e. The number of benzene rings is 2. The van der Waals surface area contributed by atoms with Crippen molar-refractivity contribution in [2.45, 2.75) is 13.0 Å². The van der Waals surface area contributed by atoms with Crippen molar-refractivity contribution >= 4 is 5.91 Å². The molecule has 0 saturated carbocycles. The largest absolute Gasteiger partial charge is 0.508 e. The van der Waals surface area contributed by atoms with Crippen LogP contribution in [0.5, 0.6) is 5.75 Å². The number of phenolic OH excluding ortho intramolecular Hbond substituents is 1. The van der Waals surface area contributed by atoms with Gasteiger partial charge in [0, 0.05) is 6.20 Å². The van der Waals surface area contributed by atoms with E-state index in [0.717, 1.165) is 11.3 Å². The minimum atomic E-state index is -0.301. The molecule has 0 bridgehead atoms. The molecule has 0 spiro atoms. The van der Waals surface area contributed by atoms with Crippen LogP contribution in [0.4, 0.5) is 4.39 Å². The molecule has 0 radical (unpaired) electrons. The van der Waals surface area contributed by atoms with E-state index in [4.69, 9.17) is 0 Å². The molecular weight excluding hydrogens is 309 g/mol. The van der Waals surface area contributed by atoms with Crippen molar-refractivity contribution in [3.05, 3.63) is 77.9 Å². The van der Waals surface area contributed by atoms with Gasteiger partial charge in [0.05, 0.1) is 24.3 Å². The minimum Gasteiger partial charge on any atom is -0.508 e. The van der Waals surface area contributed by atoms with Gasteiger partial charge in [-0.2, -0.15) is 5.10 Å². The Balaban J connectivity index is 1.57. The van der Waals surface area contributed by atoms with Crippen LogP contribution in [0.1, 0.15) is 11.3 Å². The molecule has 1 amide bonds. The summed E-state index contributed by atoms with van der Waals surface area (Å²) in [6.07, 6.45) is 1.94. The third-order valence-electron chi connectivity index (χ3n) is 3.48. The molecule has 5 nitrogen and oxygen atoms in total. The fourth-order valence-electron chi connectivity index (χ4n) is 2.30. The van der Waals surface area contributed by atoms with Gasteiger partial charge in [0.1, 0.15) is 11.6 Å². The molecule has 6 heteroatoms. The van der Waals surface area contributed by atoms with E-state index in [1.165, 1.54) is 12.1 Å². The number of halogens is 1. The van der Waals surface area contributed by atoms with E-state index in [9.17, 15) is 14.3 Å². The van der Waals surface area contributed by atoms with E-state index in [1.54, 1.807) is 53.3 Å². The predicted octanol–water partition coefficient (Wildman–Crippen LogP) is 2.58. The summed E-state index contributed by atoms with van der Waals surface area (Å²) in [6, 6.07) is 14.4. The Kier molecular flexibility index (Phi) is 4.56. The molecular formula is C18H16FN3O2. The molecule has 0 fully saturated rings. The fraction of sp³-hybridized carbons (Fsp3) is 0.111. The van der Waals surface area contributed by atoms with Crippen LogP contribution in [-0.4, -0.2) is 20.8 Å². The molecule has 0 aliphatic heterocycles. The second kappa shape index (κ2) is 6.95. The van der Waals surface area contributed by atoms with E-state index in [1.807, 2.05) is 0 Å². The van der Waals surface area contributed by atoms with Crippen LogP contribution < -0.4 is 5.32 Å². The quantitative estimate of drug-likeness (QED) is 0.758. The normalized spacial score (nSPS) is 10.5. The number of phenols is 1.